The lowest BCUT2D eigenvalue weighted by atomic mass is 9.77. The number of carbonyl (C=O) groups excluding carboxylic acids is 3. The first-order chi connectivity index (χ1) is 13.9. The lowest BCUT2D eigenvalue weighted by molar-refractivity contribution is -0.151. The van der Waals surface area contributed by atoms with Crippen molar-refractivity contribution in [3.8, 4) is 5.75 Å². The molecule has 3 rings (SSSR count). The molecular weight excluding hydrogens is 372 g/mol. The third kappa shape index (κ3) is 4.89. The van der Waals surface area contributed by atoms with Crippen molar-refractivity contribution in [2.24, 2.45) is 17.8 Å². The second kappa shape index (κ2) is 9.29. The predicted molar refractivity (Wildman–Crippen MR) is 108 cm³/mol. The number of amides is 2. The molecule has 1 aliphatic heterocycles. The number of rotatable bonds is 6. The van der Waals surface area contributed by atoms with Gasteiger partial charge in [-0.05, 0) is 30.4 Å². The number of hydrogen-bond acceptors (Lipinski definition) is 5. The second-order valence-corrected chi connectivity index (χ2v) is 8.14. The van der Waals surface area contributed by atoms with E-state index < -0.39 is 24.4 Å². The molecule has 1 N–H and O–H groups in total. The molecule has 1 saturated heterocycles. The molecule has 7 heteroatoms. The summed E-state index contributed by atoms with van der Waals surface area (Å²) in [5, 5.41) is 2.67. The van der Waals surface area contributed by atoms with Crippen LogP contribution in [0, 0.1) is 17.8 Å². The van der Waals surface area contributed by atoms with Crippen LogP contribution in [0.3, 0.4) is 0 Å². The maximum absolute atomic E-state index is 12.5. The highest BCUT2D eigenvalue weighted by atomic mass is 16.5. The molecule has 2 fully saturated rings. The molecule has 2 amide bonds. The smallest absolute Gasteiger partial charge is 0.311 e. The summed E-state index contributed by atoms with van der Waals surface area (Å²) in [6.07, 6.45) is 3.44. The molecule has 0 bridgehead atoms. The van der Waals surface area contributed by atoms with Gasteiger partial charge in [0.05, 0.1) is 18.7 Å². The summed E-state index contributed by atoms with van der Waals surface area (Å²) in [7, 11) is 1.52. The molecule has 7 nitrogen and oxygen atoms in total. The Hall–Kier alpha value is -2.57. The van der Waals surface area contributed by atoms with E-state index in [9.17, 15) is 14.4 Å². The van der Waals surface area contributed by atoms with Crippen LogP contribution in [0.1, 0.15) is 39.5 Å². The molecule has 29 heavy (non-hydrogen) atoms. The van der Waals surface area contributed by atoms with Crippen LogP contribution in [0.15, 0.2) is 24.3 Å². The Bertz CT molecular complexity index is 765. The minimum atomic E-state index is -0.508. The number of benzene rings is 1. The van der Waals surface area contributed by atoms with Crippen LogP contribution < -0.4 is 10.1 Å². The van der Waals surface area contributed by atoms with E-state index in [4.69, 9.17) is 9.47 Å². The van der Waals surface area contributed by atoms with Crippen molar-refractivity contribution in [2.75, 3.05) is 25.6 Å². The van der Waals surface area contributed by atoms with Crippen molar-refractivity contribution in [2.45, 2.75) is 45.6 Å². The first-order valence-electron chi connectivity index (χ1n) is 10.3. The molecule has 0 unspecified atom stereocenters. The lowest BCUT2D eigenvalue weighted by Gasteiger charge is -2.39. The van der Waals surface area contributed by atoms with Gasteiger partial charge in [0, 0.05) is 19.0 Å². The number of ether oxygens (including phenoxy) is 2. The van der Waals surface area contributed by atoms with Gasteiger partial charge in [-0.2, -0.15) is 0 Å². The summed E-state index contributed by atoms with van der Waals surface area (Å²) in [6.45, 7) is 4.41. The van der Waals surface area contributed by atoms with Gasteiger partial charge in [-0.15, -0.1) is 0 Å². The average molecular weight is 402 g/mol. The SMILES string of the molecule is COc1ccccc1NC(=O)COC(=O)[C@@H]1CC(=O)N([C@H]2CCC[C@H](C)[C@H]2C)C1. The lowest BCUT2D eigenvalue weighted by Crippen LogP contribution is -2.45. The van der Waals surface area contributed by atoms with Gasteiger partial charge in [0.15, 0.2) is 6.61 Å². The van der Waals surface area contributed by atoms with Crippen LogP contribution >= 0.6 is 0 Å². The van der Waals surface area contributed by atoms with Crippen LogP contribution in [-0.4, -0.2) is 49.0 Å². The van der Waals surface area contributed by atoms with E-state index in [0.29, 0.717) is 29.8 Å². The summed E-state index contributed by atoms with van der Waals surface area (Å²) < 4.78 is 10.4. The molecule has 1 aliphatic carbocycles. The van der Waals surface area contributed by atoms with Gasteiger partial charge in [0.25, 0.3) is 5.91 Å². The van der Waals surface area contributed by atoms with Crippen LogP contribution in [0.2, 0.25) is 0 Å². The van der Waals surface area contributed by atoms with Crippen molar-refractivity contribution < 1.29 is 23.9 Å². The zero-order valence-corrected chi connectivity index (χ0v) is 17.3. The number of anilines is 1. The number of likely N-dealkylation sites (tertiary alicyclic amines) is 1. The Labute approximate surface area is 171 Å². The Morgan fingerprint density at radius 3 is 2.72 bits per heavy atom. The second-order valence-electron chi connectivity index (χ2n) is 8.14. The predicted octanol–water partition coefficient (Wildman–Crippen LogP) is 2.85. The fraction of sp³-hybridized carbons (Fsp3) is 0.591. The first-order valence-corrected chi connectivity index (χ1v) is 10.3. The van der Waals surface area contributed by atoms with E-state index in [1.165, 1.54) is 13.5 Å². The van der Waals surface area contributed by atoms with Crippen molar-refractivity contribution in [1.82, 2.24) is 4.90 Å². The molecule has 158 valence electrons. The molecule has 1 saturated carbocycles. The molecule has 1 aromatic rings. The fourth-order valence-electron chi connectivity index (χ4n) is 4.39. The van der Waals surface area contributed by atoms with Crippen LogP contribution in [0.4, 0.5) is 5.69 Å². The van der Waals surface area contributed by atoms with Crippen molar-refractivity contribution in [1.29, 1.82) is 0 Å². The molecule has 0 spiro atoms. The molecule has 1 aromatic carbocycles. The van der Waals surface area contributed by atoms with Gasteiger partial charge in [-0.3, -0.25) is 14.4 Å². The topological polar surface area (TPSA) is 84.9 Å². The highest BCUT2D eigenvalue weighted by Crippen LogP contribution is 2.36. The molecule has 2 aliphatic rings. The minimum Gasteiger partial charge on any atom is -0.495 e. The highest BCUT2D eigenvalue weighted by Gasteiger charge is 2.42. The van der Waals surface area contributed by atoms with E-state index in [2.05, 4.69) is 19.2 Å². The molecule has 4 atom stereocenters. The van der Waals surface area contributed by atoms with Gasteiger partial charge < -0.3 is 19.7 Å². The minimum absolute atomic E-state index is 0.0105. The van der Waals surface area contributed by atoms with Crippen LogP contribution in [0.5, 0.6) is 5.75 Å². The van der Waals surface area contributed by atoms with Crippen molar-refractivity contribution in [3.05, 3.63) is 24.3 Å². The number of para-hydroxylation sites is 2. The summed E-state index contributed by atoms with van der Waals surface area (Å²) in [4.78, 5) is 39.0. The van der Waals surface area contributed by atoms with E-state index in [1.54, 1.807) is 24.3 Å². The summed E-state index contributed by atoms with van der Waals surface area (Å²) in [5.74, 6) is 0.0917. The highest BCUT2D eigenvalue weighted by molar-refractivity contribution is 5.94. The zero-order valence-electron chi connectivity index (χ0n) is 17.3. The number of hydrogen-bond donors (Lipinski definition) is 1. The van der Waals surface area contributed by atoms with Gasteiger partial charge in [0.1, 0.15) is 5.75 Å². The summed E-state index contributed by atoms with van der Waals surface area (Å²) >= 11 is 0. The molecule has 0 radical (unpaired) electrons. The normalized spacial score (nSPS) is 26.9. The Morgan fingerprint density at radius 2 is 1.97 bits per heavy atom. The summed E-state index contributed by atoms with van der Waals surface area (Å²) in [5.41, 5.74) is 0.513. The number of esters is 1. The van der Waals surface area contributed by atoms with Gasteiger partial charge in [-0.25, -0.2) is 0 Å². The van der Waals surface area contributed by atoms with Crippen LogP contribution in [-0.2, 0) is 19.1 Å². The standard InChI is InChI=1S/C22H30N2O5/c1-14-7-6-9-18(15(14)2)24-12-16(11-21(24)26)22(27)29-13-20(25)23-17-8-4-5-10-19(17)28-3/h4-5,8,10,14-16,18H,6-7,9,11-13H2,1-3H3,(H,23,25)/t14-,15+,16+,18-/m0/s1. The average Bonchev–Trinajstić information content (AvgIpc) is 3.10. The third-order valence-corrected chi connectivity index (χ3v) is 6.28. The van der Waals surface area contributed by atoms with E-state index >= 15 is 0 Å². The van der Waals surface area contributed by atoms with E-state index in [-0.39, 0.29) is 18.4 Å². The molecule has 1 heterocycles. The van der Waals surface area contributed by atoms with Gasteiger partial charge in [0.2, 0.25) is 5.91 Å². The fourth-order valence-corrected chi connectivity index (χ4v) is 4.39. The maximum Gasteiger partial charge on any atom is 0.311 e. The quantitative estimate of drug-likeness (QED) is 0.740. The van der Waals surface area contributed by atoms with Crippen molar-refractivity contribution >= 4 is 23.5 Å². The monoisotopic (exact) mass is 402 g/mol. The number of carbonyl (C=O) groups is 3. The van der Waals surface area contributed by atoms with Crippen LogP contribution in [0.25, 0.3) is 0 Å². The Balaban J connectivity index is 1.51. The molecular formula is C22H30N2O5. The van der Waals surface area contributed by atoms with Gasteiger partial charge in [-0.1, -0.05) is 38.8 Å². The number of nitrogens with zero attached hydrogens (tertiary/aromatic N) is 1. The molecule has 0 aromatic heterocycles. The first kappa shape index (κ1) is 21.1. The largest absolute Gasteiger partial charge is 0.495 e. The van der Waals surface area contributed by atoms with E-state index in [0.717, 1.165) is 12.8 Å². The van der Waals surface area contributed by atoms with E-state index in [1.807, 2.05) is 4.90 Å². The van der Waals surface area contributed by atoms with Gasteiger partial charge >= 0.3 is 5.97 Å². The number of methoxy groups -OCH3 is 1. The third-order valence-electron chi connectivity index (χ3n) is 6.28. The zero-order chi connectivity index (χ0) is 21.0. The number of nitrogens with one attached hydrogen (secondary N) is 1. The maximum atomic E-state index is 12.5. The van der Waals surface area contributed by atoms with Crippen molar-refractivity contribution in [3.63, 3.8) is 0 Å². The Kier molecular flexibility index (Phi) is 6.77. The summed E-state index contributed by atoms with van der Waals surface area (Å²) in [6, 6.07) is 7.20. The Morgan fingerprint density at radius 1 is 1.21 bits per heavy atom.